The van der Waals surface area contributed by atoms with Crippen LogP contribution >= 0.6 is 0 Å². The van der Waals surface area contributed by atoms with E-state index in [1.807, 2.05) is 0 Å². The van der Waals surface area contributed by atoms with Crippen LogP contribution in [0.25, 0.3) is 0 Å². The van der Waals surface area contributed by atoms with Crippen molar-refractivity contribution in [3.8, 4) is 0 Å². The van der Waals surface area contributed by atoms with Crippen LogP contribution in [-0.4, -0.2) is 30.4 Å². The number of carbonyl (C=O) groups excluding carboxylic acids is 1. The number of rotatable bonds is 10. The minimum Gasteiger partial charge on any atom is -0.342 e. The van der Waals surface area contributed by atoms with Gasteiger partial charge >= 0.3 is 0 Å². The summed E-state index contributed by atoms with van der Waals surface area (Å²) in [5, 5.41) is 0. The molecule has 1 amide bonds. The molecule has 0 aromatic rings. The highest BCUT2D eigenvalue weighted by atomic mass is 16.2. The summed E-state index contributed by atoms with van der Waals surface area (Å²) in [5.41, 5.74) is 5.63. The Kier molecular flexibility index (Phi) is 9.73. The molecule has 0 aliphatic carbocycles. The van der Waals surface area contributed by atoms with Crippen molar-refractivity contribution < 1.29 is 4.79 Å². The van der Waals surface area contributed by atoms with Crippen molar-refractivity contribution >= 4 is 5.91 Å². The molecule has 0 aromatic heterocycles. The third-order valence-corrected chi connectivity index (χ3v) is 4.44. The molecule has 1 unspecified atom stereocenters. The number of hydrogen-bond acceptors (Lipinski definition) is 2. The fourth-order valence-corrected chi connectivity index (χ4v) is 3.15. The zero-order chi connectivity index (χ0) is 14.6. The van der Waals surface area contributed by atoms with E-state index >= 15 is 0 Å². The van der Waals surface area contributed by atoms with Gasteiger partial charge in [0.05, 0.1) is 0 Å². The van der Waals surface area contributed by atoms with Crippen molar-refractivity contribution in [1.29, 1.82) is 0 Å². The van der Waals surface area contributed by atoms with Crippen molar-refractivity contribution in [1.82, 2.24) is 4.90 Å². The summed E-state index contributed by atoms with van der Waals surface area (Å²) in [4.78, 5) is 14.3. The lowest BCUT2D eigenvalue weighted by atomic mass is 9.94. The first kappa shape index (κ1) is 17.5. The van der Waals surface area contributed by atoms with Gasteiger partial charge < -0.3 is 10.6 Å². The van der Waals surface area contributed by atoms with Gasteiger partial charge in [-0.1, -0.05) is 45.4 Å². The Morgan fingerprint density at radius 2 is 1.85 bits per heavy atom. The third kappa shape index (κ3) is 7.28. The fourth-order valence-electron chi connectivity index (χ4n) is 3.15. The summed E-state index contributed by atoms with van der Waals surface area (Å²) in [6.45, 7) is 4.92. The fraction of sp³-hybridized carbons (Fsp3) is 0.941. The van der Waals surface area contributed by atoms with Gasteiger partial charge in [-0.3, -0.25) is 4.79 Å². The van der Waals surface area contributed by atoms with Crippen LogP contribution in [0.1, 0.15) is 77.6 Å². The lowest BCUT2D eigenvalue weighted by Gasteiger charge is -2.32. The maximum absolute atomic E-state index is 12.2. The molecule has 1 fully saturated rings. The lowest BCUT2D eigenvalue weighted by Crippen LogP contribution is -2.40. The van der Waals surface area contributed by atoms with E-state index in [0.29, 0.717) is 11.8 Å². The smallest absolute Gasteiger partial charge is 0.222 e. The van der Waals surface area contributed by atoms with E-state index in [-0.39, 0.29) is 0 Å². The maximum Gasteiger partial charge on any atom is 0.222 e. The van der Waals surface area contributed by atoms with E-state index in [1.165, 1.54) is 44.9 Å². The lowest BCUT2D eigenvalue weighted by molar-refractivity contribution is -0.133. The molecular formula is C17H34N2O. The molecule has 1 rings (SSSR count). The predicted octanol–water partition coefficient (Wildman–Crippen LogP) is 3.71. The molecular weight excluding hydrogens is 248 g/mol. The number of piperidine rings is 1. The van der Waals surface area contributed by atoms with Crippen LogP contribution in [0.4, 0.5) is 0 Å². The van der Waals surface area contributed by atoms with Crippen LogP contribution in [-0.2, 0) is 4.79 Å². The molecule has 1 atom stereocenters. The number of hydrogen-bond donors (Lipinski definition) is 1. The molecule has 20 heavy (non-hydrogen) atoms. The molecule has 1 aliphatic rings. The monoisotopic (exact) mass is 282 g/mol. The minimum atomic E-state index is 0.375. The molecule has 0 aromatic carbocycles. The largest absolute Gasteiger partial charge is 0.342 e. The number of likely N-dealkylation sites (tertiary alicyclic amines) is 1. The second-order valence-electron chi connectivity index (χ2n) is 6.30. The highest BCUT2D eigenvalue weighted by Gasteiger charge is 2.22. The van der Waals surface area contributed by atoms with Crippen LogP contribution in [0, 0.1) is 5.92 Å². The van der Waals surface area contributed by atoms with Crippen LogP contribution in [0.15, 0.2) is 0 Å². The molecule has 0 spiro atoms. The Morgan fingerprint density at radius 3 is 2.55 bits per heavy atom. The number of amides is 1. The quantitative estimate of drug-likeness (QED) is 0.621. The standard InChI is InChI=1S/C17H34N2O/c1-2-3-4-5-6-7-8-11-17(20)19-14-9-10-16(15-19)12-13-18/h16H,2-15,18H2,1H3. The maximum atomic E-state index is 12.2. The molecule has 3 nitrogen and oxygen atoms in total. The van der Waals surface area contributed by atoms with Crippen LogP contribution in [0.3, 0.4) is 0 Å². The highest BCUT2D eigenvalue weighted by Crippen LogP contribution is 2.20. The molecule has 1 saturated heterocycles. The first-order valence-corrected chi connectivity index (χ1v) is 8.75. The van der Waals surface area contributed by atoms with Crippen molar-refractivity contribution in [3.05, 3.63) is 0 Å². The molecule has 0 bridgehead atoms. The molecule has 0 radical (unpaired) electrons. The minimum absolute atomic E-state index is 0.375. The van der Waals surface area contributed by atoms with Crippen molar-refractivity contribution in [2.75, 3.05) is 19.6 Å². The summed E-state index contributed by atoms with van der Waals surface area (Å²) >= 11 is 0. The van der Waals surface area contributed by atoms with Gasteiger partial charge in [-0.25, -0.2) is 0 Å². The number of carbonyl (C=O) groups is 1. The zero-order valence-electron chi connectivity index (χ0n) is 13.4. The Labute approximate surface area is 125 Å². The van der Waals surface area contributed by atoms with Crippen LogP contribution < -0.4 is 5.73 Å². The summed E-state index contributed by atoms with van der Waals surface area (Å²) in [5.74, 6) is 1.02. The molecule has 1 heterocycles. The average molecular weight is 282 g/mol. The van der Waals surface area contributed by atoms with Gasteiger partial charge in [0.2, 0.25) is 5.91 Å². The van der Waals surface area contributed by atoms with E-state index < -0.39 is 0 Å². The first-order chi connectivity index (χ1) is 9.77. The highest BCUT2D eigenvalue weighted by molar-refractivity contribution is 5.76. The number of nitrogens with two attached hydrogens (primary N) is 1. The van der Waals surface area contributed by atoms with Gasteiger partial charge in [-0.2, -0.15) is 0 Å². The van der Waals surface area contributed by atoms with Gasteiger partial charge in [0.25, 0.3) is 0 Å². The van der Waals surface area contributed by atoms with E-state index in [9.17, 15) is 4.79 Å². The third-order valence-electron chi connectivity index (χ3n) is 4.44. The van der Waals surface area contributed by atoms with Crippen molar-refractivity contribution in [3.63, 3.8) is 0 Å². The molecule has 1 aliphatic heterocycles. The first-order valence-electron chi connectivity index (χ1n) is 8.75. The zero-order valence-corrected chi connectivity index (χ0v) is 13.4. The predicted molar refractivity (Wildman–Crippen MR) is 85.6 cm³/mol. The average Bonchev–Trinajstić information content (AvgIpc) is 2.47. The summed E-state index contributed by atoms with van der Waals surface area (Å²) in [6, 6.07) is 0. The van der Waals surface area contributed by atoms with Gasteiger partial charge in [-0.15, -0.1) is 0 Å². The number of nitrogens with zero attached hydrogens (tertiary/aromatic N) is 1. The summed E-state index contributed by atoms with van der Waals surface area (Å²) in [6.07, 6.45) is 13.2. The van der Waals surface area contributed by atoms with Gasteiger partial charge in [0, 0.05) is 19.5 Å². The second kappa shape index (κ2) is 11.1. The number of unbranched alkanes of at least 4 members (excludes halogenated alkanes) is 6. The van der Waals surface area contributed by atoms with Gasteiger partial charge in [0.1, 0.15) is 0 Å². The molecule has 0 saturated carbocycles. The van der Waals surface area contributed by atoms with E-state index in [2.05, 4.69) is 11.8 Å². The normalized spacial score (nSPS) is 19.3. The SMILES string of the molecule is CCCCCCCCCC(=O)N1CCCC(CCN)C1. The van der Waals surface area contributed by atoms with E-state index in [1.54, 1.807) is 0 Å². The second-order valence-corrected chi connectivity index (χ2v) is 6.30. The van der Waals surface area contributed by atoms with Gasteiger partial charge in [-0.05, 0) is 38.1 Å². The summed E-state index contributed by atoms with van der Waals surface area (Å²) in [7, 11) is 0. The van der Waals surface area contributed by atoms with Gasteiger partial charge in [0.15, 0.2) is 0 Å². The Morgan fingerprint density at radius 1 is 1.15 bits per heavy atom. The van der Waals surface area contributed by atoms with E-state index in [0.717, 1.165) is 45.3 Å². The Bertz CT molecular complexity index is 253. The van der Waals surface area contributed by atoms with Crippen LogP contribution in [0.2, 0.25) is 0 Å². The van der Waals surface area contributed by atoms with Crippen molar-refractivity contribution in [2.24, 2.45) is 11.7 Å². The molecule has 118 valence electrons. The Hall–Kier alpha value is -0.570. The topological polar surface area (TPSA) is 46.3 Å². The summed E-state index contributed by atoms with van der Waals surface area (Å²) < 4.78 is 0. The molecule has 3 heteroatoms. The van der Waals surface area contributed by atoms with Crippen LogP contribution in [0.5, 0.6) is 0 Å². The van der Waals surface area contributed by atoms with Crippen molar-refractivity contribution in [2.45, 2.75) is 77.6 Å². The Balaban J connectivity index is 2.06. The van der Waals surface area contributed by atoms with E-state index in [4.69, 9.17) is 5.73 Å². The molecule has 2 N–H and O–H groups in total.